The number of allylic oxidation sites excluding steroid dienone is 8. The van der Waals surface area contributed by atoms with Crippen LogP contribution in [0.15, 0.2) is 34.4 Å². The average molecular weight is 439 g/mol. The van der Waals surface area contributed by atoms with Crippen molar-refractivity contribution in [1.82, 2.24) is 0 Å². The molecule has 2 rings (SSSR count). The Morgan fingerprint density at radius 3 is 1.05 bits per heavy atom. The summed E-state index contributed by atoms with van der Waals surface area (Å²) in [5.74, 6) is 1.13. The van der Waals surface area contributed by atoms with Gasteiger partial charge in [-0.3, -0.25) is 12.2 Å². The van der Waals surface area contributed by atoms with Gasteiger partial charge in [-0.05, 0) is 0 Å². The molecule has 0 saturated carbocycles. The number of hydrogen-bond acceptors (Lipinski definition) is 0. The minimum atomic E-state index is 0. The van der Waals surface area contributed by atoms with Crippen molar-refractivity contribution in [2.24, 2.45) is 11.8 Å². The van der Waals surface area contributed by atoms with Gasteiger partial charge in [0, 0.05) is 0 Å². The fraction of sp³-hybridized carbons (Fsp3) is 0.444. The second kappa shape index (κ2) is 18.0. The van der Waals surface area contributed by atoms with E-state index in [2.05, 4.69) is 65.8 Å². The Morgan fingerprint density at radius 1 is 0.773 bits per heavy atom. The summed E-state index contributed by atoms with van der Waals surface area (Å²) in [5.41, 5.74) is 5.44. The molecule has 2 aliphatic carbocycles. The van der Waals surface area contributed by atoms with Gasteiger partial charge < -0.3 is 14.9 Å². The third kappa shape index (κ3) is 13.1. The van der Waals surface area contributed by atoms with Crippen molar-refractivity contribution in [3.8, 4) is 0 Å². The van der Waals surface area contributed by atoms with Crippen molar-refractivity contribution in [2.75, 3.05) is 0 Å². The van der Waals surface area contributed by atoms with Gasteiger partial charge in [0.2, 0.25) is 0 Å². The first-order chi connectivity index (χ1) is 8.40. The van der Waals surface area contributed by atoms with Crippen molar-refractivity contribution < 1.29 is 23.3 Å². The number of hydrogen-bond donors (Lipinski definition) is 0. The molecule has 0 nitrogen and oxygen atoms in total. The van der Waals surface area contributed by atoms with Crippen LogP contribution < -0.4 is 0 Å². The molecule has 0 N–H and O–H groups in total. The SMILES string of the molecule is CC1=[C-]C(C)C(C)=C1.CC1=[C-]C(C)C(C)=C1.Cl.Cl.[CH3-].[CH3-].[SiH2]=[Zr]. The van der Waals surface area contributed by atoms with Crippen LogP contribution in [0.3, 0.4) is 0 Å². The first kappa shape index (κ1) is 34.1. The van der Waals surface area contributed by atoms with Crippen LogP contribution in [0.4, 0.5) is 0 Å². The first-order valence-electron chi connectivity index (χ1n) is 6.32. The molecule has 0 aliphatic heterocycles. The monoisotopic (exact) mass is 436 g/mol. The van der Waals surface area contributed by atoms with Crippen LogP contribution in [0.25, 0.3) is 0 Å². The summed E-state index contributed by atoms with van der Waals surface area (Å²) in [6, 6.07) is 0. The first-order valence-corrected chi connectivity index (χ1v) is 12.2. The zero-order valence-corrected chi connectivity index (χ0v) is 20.8. The predicted octanol–water partition coefficient (Wildman–Crippen LogP) is 5.49. The minimum absolute atomic E-state index is 0. The van der Waals surface area contributed by atoms with E-state index in [9.17, 15) is 0 Å². The molecule has 2 aliphatic rings. The van der Waals surface area contributed by atoms with Gasteiger partial charge in [-0.25, -0.2) is 23.3 Å². The normalized spacial score (nSPS) is 20.2. The van der Waals surface area contributed by atoms with Crippen LogP contribution in [0.2, 0.25) is 0 Å². The molecule has 4 heteroatoms. The average Bonchev–Trinajstić information content (AvgIpc) is 2.74. The van der Waals surface area contributed by atoms with Crippen molar-refractivity contribution >= 4 is 31.7 Å². The van der Waals surface area contributed by atoms with Gasteiger partial charge in [0.15, 0.2) is 0 Å². The van der Waals surface area contributed by atoms with E-state index < -0.39 is 0 Å². The van der Waals surface area contributed by atoms with Crippen LogP contribution in [-0.4, -0.2) is 6.88 Å². The zero-order valence-electron chi connectivity index (χ0n) is 15.3. The van der Waals surface area contributed by atoms with Crippen LogP contribution in [-0.2, 0) is 23.3 Å². The summed E-state index contributed by atoms with van der Waals surface area (Å²) in [6.45, 7) is 14.8. The molecule has 0 radical (unpaired) electrons. The molecule has 2 unspecified atom stereocenters. The fourth-order valence-electron chi connectivity index (χ4n) is 1.93. The van der Waals surface area contributed by atoms with Gasteiger partial charge in [-0.2, -0.15) is 11.1 Å². The Hall–Kier alpha value is 0.640. The van der Waals surface area contributed by atoms with E-state index >= 15 is 0 Å². The van der Waals surface area contributed by atoms with E-state index in [0.29, 0.717) is 11.8 Å². The summed E-state index contributed by atoms with van der Waals surface area (Å²) in [6.07, 6.45) is 11.0. The molecule has 0 saturated heterocycles. The summed E-state index contributed by atoms with van der Waals surface area (Å²) < 4.78 is 0. The van der Waals surface area contributed by atoms with Crippen LogP contribution >= 0.6 is 24.8 Å². The van der Waals surface area contributed by atoms with Gasteiger partial charge in [0.05, 0.1) is 0 Å². The molecule has 2 atom stereocenters. The Labute approximate surface area is 169 Å². The molecule has 0 spiro atoms. The van der Waals surface area contributed by atoms with E-state index in [0.717, 1.165) is 0 Å². The zero-order chi connectivity index (χ0) is 14.3. The molecule has 0 bridgehead atoms. The molecule has 0 heterocycles. The molecular weight excluding hydrogens is 406 g/mol. The van der Waals surface area contributed by atoms with Crippen molar-refractivity contribution in [3.05, 3.63) is 61.4 Å². The van der Waals surface area contributed by atoms with Gasteiger partial charge in [-0.1, -0.05) is 53.4 Å². The molecule has 0 aromatic rings. The maximum absolute atomic E-state index is 3.29. The standard InChI is InChI=1S/2C8H11.2CH3.2ClH.H2Si.Zr/c2*1-6-4-7(2)8(3)5-6;;;;;;/h2*4,8H,1-3H3;2*1H3;2*1H;1H2;/q4*-1;;;;. The Bertz CT molecular complexity index is 371. The summed E-state index contributed by atoms with van der Waals surface area (Å²) in [7, 11) is 0. The molecule has 0 aromatic carbocycles. The second-order valence-corrected chi connectivity index (χ2v) is 4.87. The van der Waals surface area contributed by atoms with Crippen LogP contribution in [0, 0.1) is 38.8 Å². The van der Waals surface area contributed by atoms with E-state index in [1.54, 1.807) is 23.3 Å². The van der Waals surface area contributed by atoms with Gasteiger partial charge >= 0.3 is 30.2 Å². The van der Waals surface area contributed by atoms with Crippen LogP contribution in [0.5, 0.6) is 0 Å². The number of halogens is 2. The fourth-order valence-corrected chi connectivity index (χ4v) is 1.93. The van der Waals surface area contributed by atoms with E-state index in [4.69, 9.17) is 0 Å². The van der Waals surface area contributed by atoms with E-state index in [1.807, 2.05) is 6.88 Å². The second-order valence-electron chi connectivity index (χ2n) is 4.87. The van der Waals surface area contributed by atoms with E-state index in [1.165, 1.54) is 22.3 Å². The summed E-state index contributed by atoms with van der Waals surface area (Å²) in [4.78, 5) is 0. The third-order valence-electron chi connectivity index (χ3n) is 3.14. The Kier molecular flexibility index (Phi) is 27.9. The maximum atomic E-state index is 3.29. The number of rotatable bonds is 0. The Morgan fingerprint density at radius 2 is 1.00 bits per heavy atom. The van der Waals surface area contributed by atoms with E-state index in [-0.39, 0.29) is 39.7 Å². The van der Waals surface area contributed by atoms with Gasteiger partial charge in [0.1, 0.15) is 0 Å². The van der Waals surface area contributed by atoms with Crippen molar-refractivity contribution in [3.63, 3.8) is 0 Å². The molecule has 0 amide bonds. The topological polar surface area (TPSA) is 0 Å². The quantitative estimate of drug-likeness (QED) is 0.347. The molecule has 0 aromatic heterocycles. The van der Waals surface area contributed by atoms with Gasteiger partial charge in [-0.15, -0.1) is 24.8 Å². The van der Waals surface area contributed by atoms with Crippen molar-refractivity contribution in [2.45, 2.75) is 41.5 Å². The third-order valence-corrected chi connectivity index (χ3v) is 3.14. The molecule has 22 heavy (non-hydrogen) atoms. The summed E-state index contributed by atoms with van der Waals surface area (Å²) in [5, 5.41) is 0. The Balaban J connectivity index is -0.0000000676. The predicted molar refractivity (Wildman–Crippen MR) is 107 cm³/mol. The van der Waals surface area contributed by atoms with Crippen LogP contribution in [0.1, 0.15) is 41.5 Å². The summed E-state index contributed by atoms with van der Waals surface area (Å²) >= 11 is 1.58. The molecule has 130 valence electrons. The molecular formula is C18H32Cl2SiZr-4. The van der Waals surface area contributed by atoms with Crippen molar-refractivity contribution in [1.29, 1.82) is 0 Å². The molecule has 0 fully saturated rings. The van der Waals surface area contributed by atoms with Gasteiger partial charge in [0.25, 0.3) is 0 Å².